The molecule has 2 amide bonds. The molecule has 0 radical (unpaired) electrons. The first-order valence-electron chi connectivity index (χ1n) is 12.0. The average molecular weight is 524 g/mol. The Kier molecular flexibility index (Phi) is 8.39. The molecular weight excluding hydrogens is 494 g/mol. The Hall–Kier alpha value is -3.92. The summed E-state index contributed by atoms with van der Waals surface area (Å²) in [6, 6.07) is 12.4. The summed E-state index contributed by atoms with van der Waals surface area (Å²) >= 11 is 1.30. The van der Waals surface area contributed by atoms with Crippen molar-refractivity contribution in [3.8, 4) is 11.5 Å². The first-order chi connectivity index (χ1) is 17.9. The lowest BCUT2D eigenvalue weighted by Crippen LogP contribution is -2.32. The number of nitrogens with one attached hydrogen (secondary N) is 1. The van der Waals surface area contributed by atoms with Crippen LogP contribution in [0.3, 0.4) is 0 Å². The van der Waals surface area contributed by atoms with Crippen molar-refractivity contribution in [3.05, 3.63) is 70.2 Å². The Labute approximate surface area is 219 Å². The van der Waals surface area contributed by atoms with E-state index in [9.17, 15) is 14.4 Å². The van der Waals surface area contributed by atoms with Gasteiger partial charge in [0.25, 0.3) is 5.91 Å². The van der Waals surface area contributed by atoms with E-state index >= 15 is 0 Å². The summed E-state index contributed by atoms with van der Waals surface area (Å²) in [4.78, 5) is 43.6. The minimum Gasteiger partial charge on any atom is -0.493 e. The number of rotatable bonds is 11. The largest absolute Gasteiger partial charge is 0.493 e. The second-order valence-electron chi connectivity index (χ2n) is 8.44. The van der Waals surface area contributed by atoms with Gasteiger partial charge in [-0.25, -0.2) is 4.98 Å². The number of methoxy groups -OCH3 is 1. The van der Waals surface area contributed by atoms with Gasteiger partial charge in [0.2, 0.25) is 5.91 Å². The quantitative estimate of drug-likeness (QED) is 0.372. The van der Waals surface area contributed by atoms with E-state index in [1.165, 1.54) is 18.3 Å². The molecule has 2 aromatic carbocycles. The molecule has 9 nitrogen and oxygen atoms in total. The van der Waals surface area contributed by atoms with Crippen LogP contribution in [0.2, 0.25) is 0 Å². The number of anilines is 1. The number of hydrogen-bond acceptors (Lipinski definition) is 8. The fourth-order valence-electron chi connectivity index (χ4n) is 4.23. The van der Waals surface area contributed by atoms with Crippen LogP contribution < -0.4 is 14.8 Å². The predicted octanol–water partition coefficient (Wildman–Crippen LogP) is 4.38. The first-order valence-corrected chi connectivity index (χ1v) is 12.8. The van der Waals surface area contributed by atoms with Crippen LogP contribution in [-0.2, 0) is 27.3 Å². The fraction of sp³-hybridized carbons (Fsp3) is 0.333. The lowest BCUT2D eigenvalue weighted by Gasteiger charge is -2.28. The van der Waals surface area contributed by atoms with Crippen LogP contribution >= 0.6 is 11.3 Å². The Bertz CT molecular complexity index is 1290. The van der Waals surface area contributed by atoms with Crippen molar-refractivity contribution in [1.29, 1.82) is 0 Å². The number of nitrogens with zero attached hydrogens (tertiary/aromatic N) is 2. The highest BCUT2D eigenvalue weighted by molar-refractivity contribution is 7.13. The van der Waals surface area contributed by atoms with Crippen LogP contribution in [0.15, 0.2) is 47.8 Å². The van der Waals surface area contributed by atoms with Gasteiger partial charge in [0.1, 0.15) is 0 Å². The molecule has 1 aliphatic heterocycles. The molecule has 1 N–H and O–H groups in total. The Morgan fingerprint density at radius 2 is 2.00 bits per heavy atom. The standard InChI is InChI=1S/C27H29N3O6S/c1-4-35-23-10-9-18(13-24(23)34-3)22(30-15-19-7-5-6-8-21(19)26(30)33)14-25(32)29-27-28-20(16-37-27)11-12-36-17(2)31/h5-10,13,16,22H,4,11-12,14-15H2,1-3H3,(H,28,29,32). The van der Waals surface area contributed by atoms with Crippen LogP contribution in [0.5, 0.6) is 11.5 Å². The molecule has 0 bridgehead atoms. The van der Waals surface area contributed by atoms with Gasteiger partial charge >= 0.3 is 5.97 Å². The molecule has 194 valence electrons. The van der Waals surface area contributed by atoms with Gasteiger partial charge in [-0.2, -0.15) is 0 Å². The van der Waals surface area contributed by atoms with Crippen molar-refractivity contribution in [1.82, 2.24) is 9.88 Å². The zero-order chi connectivity index (χ0) is 26.4. The third-order valence-corrected chi connectivity index (χ3v) is 6.74. The summed E-state index contributed by atoms with van der Waals surface area (Å²) in [5.41, 5.74) is 3.05. The Balaban J connectivity index is 1.54. The van der Waals surface area contributed by atoms with Gasteiger partial charge in [-0.3, -0.25) is 14.4 Å². The van der Waals surface area contributed by atoms with E-state index in [0.29, 0.717) is 41.8 Å². The summed E-state index contributed by atoms with van der Waals surface area (Å²) in [5, 5.41) is 5.11. The molecule has 10 heteroatoms. The van der Waals surface area contributed by atoms with Gasteiger partial charge in [0.15, 0.2) is 16.6 Å². The van der Waals surface area contributed by atoms with Gasteiger partial charge < -0.3 is 24.4 Å². The number of benzene rings is 2. The number of aromatic nitrogens is 1. The highest BCUT2D eigenvalue weighted by Crippen LogP contribution is 2.37. The SMILES string of the molecule is CCOc1ccc(C(CC(=O)Nc2nc(CCOC(C)=O)cs2)N2Cc3ccccc3C2=O)cc1OC. The van der Waals surface area contributed by atoms with E-state index < -0.39 is 6.04 Å². The highest BCUT2D eigenvalue weighted by atomic mass is 32.1. The molecule has 0 saturated carbocycles. The van der Waals surface area contributed by atoms with Crippen LogP contribution in [0.25, 0.3) is 0 Å². The third-order valence-electron chi connectivity index (χ3n) is 5.94. The molecule has 37 heavy (non-hydrogen) atoms. The third kappa shape index (κ3) is 6.26. The van der Waals surface area contributed by atoms with Gasteiger partial charge in [-0.05, 0) is 36.2 Å². The maximum atomic E-state index is 13.3. The van der Waals surface area contributed by atoms with Crippen LogP contribution in [-0.4, -0.2) is 48.0 Å². The van der Waals surface area contributed by atoms with Crippen molar-refractivity contribution in [2.24, 2.45) is 0 Å². The van der Waals surface area contributed by atoms with Gasteiger partial charge in [0.05, 0.1) is 38.5 Å². The lowest BCUT2D eigenvalue weighted by atomic mass is 10.0. The van der Waals surface area contributed by atoms with Gasteiger partial charge in [-0.15, -0.1) is 11.3 Å². The Morgan fingerprint density at radius 1 is 1.19 bits per heavy atom. The summed E-state index contributed by atoms with van der Waals surface area (Å²) in [5.74, 6) is 0.383. The molecule has 2 heterocycles. The monoisotopic (exact) mass is 523 g/mol. The number of thiazole rings is 1. The van der Waals surface area contributed by atoms with Crippen molar-refractivity contribution >= 4 is 34.3 Å². The zero-order valence-corrected chi connectivity index (χ0v) is 21.8. The topological polar surface area (TPSA) is 107 Å². The number of carbonyl (C=O) groups is 3. The van der Waals surface area contributed by atoms with E-state index in [1.807, 2.05) is 42.6 Å². The Morgan fingerprint density at radius 3 is 2.73 bits per heavy atom. The van der Waals surface area contributed by atoms with Crippen molar-refractivity contribution in [2.75, 3.05) is 25.6 Å². The minimum absolute atomic E-state index is 0.0270. The van der Waals surface area contributed by atoms with Crippen LogP contribution in [0, 0.1) is 0 Å². The lowest BCUT2D eigenvalue weighted by molar-refractivity contribution is -0.140. The van der Waals surface area contributed by atoms with Crippen molar-refractivity contribution in [2.45, 2.75) is 39.3 Å². The van der Waals surface area contributed by atoms with E-state index in [0.717, 1.165) is 16.8 Å². The number of ether oxygens (including phenoxy) is 3. The van der Waals surface area contributed by atoms with E-state index in [1.54, 1.807) is 24.1 Å². The maximum Gasteiger partial charge on any atom is 0.302 e. The van der Waals surface area contributed by atoms with Gasteiger partial charge in [0, 0.05) is 30.8 Å². The molecular formula is C27H29N3O6S. The van der Waals surface area contributed by atoms with Crippen LogP contribution in [0.4, 0.5) is 5.13 Å². The second kappa shape index (κ2) is 11.9. The number of fused-ring (bicyclic) bond motifs is 1. The normalized spacial score (nSPS) is 13.2. The molecule has 0 saturated heterocycles. The first kappa shape index (κ1) is 26.2. The number of esters is 1. The number of amides is 2. The average Bonchev–Trinajstić information content (AvgIpc) is 3.46. The minimum atomic E-state index is -0.534. The van der Waals surface area contributed by atoms with Crippen LogP contribution in [0.1, 0.15) is 53.5 Å². The smallest absolute Gasteiger partial charge is 0.302 e. The molecule has 4 rings (SSSR count). The molecule has 1 aliphatic rings. The van der Waals surface area contributed by atoms with E-state index in [-0.39, 0.29) is 30.8 Å². The maximum absolute atomic E-state index is 13.3. The molecule has 1 unspecified atom stereocenters. The molecule has 1 atom stereocenters. The molecule has 0 fully saturated rings. The van der Waals surface area contributed by atoms with E-state index in [2.05, 4.69) is 10.3 Å². The number of hydrogen-bond donors (Lipinski definition) is 1. The summed E-state index contributed by atoms with van der Waals surface area (Å²) in [7, 11) is 1.56. The molecule has 1 aromatic heterocycles. The summed E-state index contributed by atoms with van der Waals surface area (Å²) in [6.45, 7) is 4.36. The summed E-state index contributed by atoms with van der Waals surface area (Å²) < 4.78 is 16.1. The zero-order valence-electron chi connectivity index (χ0n) is 21.0. The van der Waals surface area contributed by atoms with Gasteiger partial charge in [-0.1, -0.05) is 24.3 Å². The highest BCUT2D eigenvalue weighted by Gasteiger charge is 2.35. The van der Waals surface area contributed by atoms with Crippen molar-refractivity contribution < 1.29 is 28.6 Å². The predicted molar refractivity (Wildman–Crippen MR) is 139 cm³/mol. The number of carbonyl (C=O) groups excluding carboxylic acids is 3. The fourth-order valence-corrected chi connectivity index (χ4v) is 4.99. The molecule has 0 aliphatic carbocycles. The van der Waals surface area contributed by atoms with E-state index in [4.69, 9.17) is 14.2 Å². The summed E-state index contributed by atoms with van der Waals surface area (Å²) in [6.07, 6.45) is 0.486. The molecule has 0 spiro atoms. The second-order valence-corrected chi connectivity index (χ2v) is 9.29. The molecule has 3 aromatic rings. The van der Waals surface area contributed by atoms with Crippen molar-refractivity contribution in [3.63, 3.8) is 0 Å².